The Labute approximate surface area is 122 Å². The topological polar surface area (TPSA) is 55.6 Å². The van der Waals surface area contributed by atoms with Crippen molar-refractivity contribution in [2.24, 2.45) is 23.0 Å². The van der Waals surface area contributed by atoms with E-state index in [9.17, 15) is 4.79 Å². The largest absolute Gasteiger partial charge is 0.377 e. The van der Waals surface area contributed by atoms with Gasteiger partial charge in [-0.05, 0) is 32.1 Å². The summed E-state index contributed by atoms with van der Waals surface area (Å²) >= 11 is 0. The lowest BCUT2D eigenvalue weighted by atomic mass is 9.47. The molecule has 2 aliphatic heterocycles. The number of likely N-dealkylation sites (tertiary alicyclic amines) is 1. The van der Waals surface area contributed by atoms with Crippen LogP contribution in [0.3, 0.4) is 0 Å². The molecule has 2 heterocycles. The van der Waals surface area contributed by atoms with E-state index in [1.165, 1.54) is 6.42 Å². The van der Waals surface area contributed by atoms with Crippen molar-refractivity contribution in [1.29, 1.82) is 0 Å². The Kier molecular flexibility index (Phi) is 3.18. The Balaban J connectivity index is 1.86. The van der Waals surface area contributed by atoms with Gasteiger partial charge in [0.05, 0.1) is 6.10 Å². The number of hydrogen-bond acceptors (Lipinski definition) is 3. The third-order valence-corrected chi connectivity index (χ3v) is 6.19. The van der Waals surface area contributed by atoms with Crippen molar-refractivity contribution in [2.75, 3.05) is 13.2 Å². The number of nitrogens with two attached hydrogens (primary N) is 1. The first-order chi connectivity index (χ1) is 9.30. The van der Waals surface area contributed by atoms with E-state index in [1.54, 1.807) is 0 Å². The Hall–Kier alpha value is -0.610. The van der Waals surface area contributed by atoms with Crippen molar-refractivity contribution in [3.05, 3.63) is 0 Å². The molecular formula is C16H28N2O2. The highest BCUT2D eigenvalue weighted by Crippen LogP contribution is 2.59. The zero-order chi connectivity index (χ0) is 14.7. The van der Waals surface area contributed by atoms with Gasteiger partial charge in [-0.2, -0.15) is 0 Å². The van der Waals surface area contributed by atoms with Crippen LogP contribution in [0.1, 0.15) is 47.0 Å². The summed E-state index contributed by atoms with van der Waals surface area (Å²) in [5.74, 6) is 0.945. The Morgan fingerprint density at radius 3 is 2.65 bits per heavy atom. The van der Waals surface area contributed by atoms with E-state index in [0.29, 0.717) is 12.0 Å². The number of carbonyl (C=O) groups is 1. The van der Waals surface area contributed by atoms with E-state index in [4.69, 9.17) is 10.5 Å². The molecule has 20 heavy (non-hydrogen) atoms. The standard InChI is InChI=1S/C16H28N2O2/c1-10-5-6-11(2)18(9-10)14(19)16(17)12-7-8-20-13(12)15(16,3)4/h10-13H,5-9,17H2,1-4H3. The van der Waals surface area contributed by atoms with Gasteiger partial charge in [0, 0.05) is 30.5 Å². The fourth-order valence-corrected chi connectivity index (χ4v) is 4.63. The summed E-state index contributed by atoms with van der Waals surface area (Å²) in [7, 11) is 0. The number of rotatable bonds is 1. The SMILES string of the molecule is CC1CCC(C)N(C(=O)C2(N)C3CCOC3C2(C)C)C1. The lowest BCUT2D eigenvalue weighted by Gasteiger charge is -2.62. The molecule has 4 nitrogen and oxygen atoms in total. The Bertz CT molecular complexity index is 423. The Morgan fingerprint density at radius 2 is 1.95 bits per heavy atom. The van der Waals surface area contributed by atoms with Crippen LogP contribution in [0, 0.1) is 17.3 Å². The van der Waals surface area contributed by atoms with Crippen LogP contribution in [0.4, 0.5) is 0 Å². The zero-order valence-corrected chi connectivity index (χ0v) is 13.2. The molecule has 5 unspecified atom stereocenters. The van der Waals surface area contributed by atoms with Gasteiger partial charge >= 0.3 is 0 Å². The molecule has 2 saturated heterocycles. The number of fused-ring (bicyclic) bond motifs is 1. The third-order valence-electron chi connectivity index (χ3n) is 6.19. The van der Waals surface area contributed by atoms with Crippen LogP contribution < -0.4 is 5.73 Å². The van der Waals surface area contributed by atoms with Gasteiger partial charge in [0.1, 0.15) is 5.54 Å². The van der Waals surface area contributed by atoms with E-state index >= 15 is 0 Å². The number of piperidine rings is 1. The van der Waals surface area contributed by atoms with Crippen LogP contribution in [0.5, 0.6) is 0 Å². The zero-order valence-electron chi connectivity index (χ0n) is 13.2. The van der Waals surface area contributed by atoms with Crippen LogP contribution in [0.15, 0.2) is 0 Å². The number of ether oxygens (including phenoxy) is 1. The first-order valence-electron chi connectivity index (χ1n) is 8.01. The van der Waals surface area contributed by atoms with E-state index in [-0.39, 0.29) is 23.3 Å². The molecule has 5 atom stereocenters. The van der Waals surface area contributed by atoms with Gasteiger partial charge in [0.15, 0.2) is 0 Å². The predicted molar refractivity (Wildman–Crippen MR) is 78.1 cm³/mol. The molecule has 114 valence electrons. The molecule has 1 saturated carbocycles. The molecule has 0 aromatic carbocycles. The first kappa shape index (κ1) is 14.3. The molecule has 3 rings (SSSR count). The minimum Gasteiger partial charge on any atom is -0.377 e. The Morgan fingerprint density at radius 1 is 1.25 bits per heavy atom. The van der Waals surface area contributed by atoms with Gasteiger partial charge in [-0.1, -0.05) is 20.8 Å². The van der Waals surface area contributed by atoms with Gasteiger partial charge in [0.2, 0.25) is 5.91 Å². The predicted octanol–water partition coefficient (Wildman–Crippen LogP) is 1.78. The van der Waals surface area contributed by atoms with E-state index in [1.807, 2.05) is 4.90 Å². The van der Waals surface area contributed by atoms with Crippen molar-refractivity contribution in [2.45, 2.75) is 64.6 Å². The molecule has 3 fully saturated rings. The quantitative estimate of drug-likeness (QED) is 0.796. The maximum Gasteiger partial charge on any atom is 0.243 e. The number of nitrogens with zero attached hydrogens (tertiary/aromatic N) is 1. The lowest BCUT2D eigenvalue weighted by molar-refractivity contribution is -0.187. The highest BCUT2D eigenvalue weighted by molar-refractivity contribution is 5.90. The summed E-state index contributed by atoms with van der Waals surface area (Å²) in [5, 5.41) is 0. The fraction of sp³-hybridized carbons (Fsp3) is 0.938. The second kappa shape index (κ2) is 4.44. The summed E-state index contributed by atoms with van der Waals surface area (Å²) < 4.78 is 5.80. The van der Waals surface area contributed by atoms with Crippen molar-refractivity contribution < 1.29 is 9.53 Å². The van der Waals surface area contributed by atoms with E-state index in [2.05, 4.69) is 27.7 Å². The van der Waals surface area contributed by atoms with Crippen molar-refractivity contribution >= 4 is 5.91 Å². The second-order valence-electron chi connectivity index (χ2n) is 7.77. The summed E-state index contributed by atoms with van der Waals surface area (Å²) in [6.07, 6.45) is 3.39. The van der Waals surface area contributed by atoms with E-state index < -0.39 is 5.54 Å². The minimum atomic E-state index is -0.737. The maximum absolute atomic E-state index is 13.2. The normalized spacial score (nSPS) is 46.8. The minimum absolute atomic E-state index is 0.160. The lowest BCUT2D eigenvalue weighted by Crippen LogP contribution is -2.81. The molecular weight excluding hydrogens is 252 g/mol. The summed E-state index contributed by atoms with van der Waals surface area (Å²) in [6, 6.07) is 0.316. The van der Waals surface area contributed by atoms with Gasteiger partial charge in [0.25, 0.3) is 0 Å². The molecule has 1 amide bonds. The summed E-state index contributed by atoms with van der Waals surface area (Å²) in [5.41, 5.74) is 5.68. The van der Waals surface area contributed by atoms with Gasteiger partial charge in [-0.25, -0.2) is 0 Å². The van der Waals surface area contributed by atoms with E-state index in [0.717, 1.165) is 26.0 Å². The van der Waals surface area contributed by atoms with Crippen LogP contribution in [0.25, 0.3) is 0 Å². The molecule has 2 N–H and O–H groups in total. The van der Waals surface area contributed by atoms with Crippen molar-refractivity contribution in [1.82, 2.24) is 4.90 Å². The molecule has 0 spiro atoms. The molecule has 0 aromatic heterocycles. The summed E-state index contributed by atoms with van der Waals surface area (Å²) in [4.78, 5) is 15.2. The average Bonchev–Trinajstić information content (AvgIpc) is 2.88. The second-order valence-corrected chi connectivity index (χ2v) is 7.77. The first-order valence-corrected chi connectivity index (χ1v) is 8.01. The van der Waals surface area contributed by atoms with Gasteiger partial charge in [-0.15, -0.1) is 0 Å². The highest BCUT2D eigenvalue weighted by atomic mass is 16.5. The van der Waals surface area contributed by atoms with Crippen LogP contribution in [-0.4, -0.2) is 41.6 Å². The number of hydrogen-bond donors (Lipinski definition) is 1. The average molecular weight is 280 g/mol. The monoisotopic (exact) mass is 280 g/mol. The van der Waals surface area contributed by atoms with Gasteiger partial charge < -0.3 is 15.4 Å². The maximum atomic E-state index is 13.2. The van der Waals surface area contributed by atoms with Crippen LogP contribution >= 0.6 is 0 Å². The number of carbonyl (C=O) groups excluding carboxylic acids is 1. The van der Waals surface area contributed by atoms with Crippen LogP contribution in [0.2, 0.25) is 0 Å². The highest BCUT2D eigenvalue weighted by Gasteiger charge is 2.72. The molecule has 4 heteroatoms. The molecule has 0 bridgehead atoms. The number of amides is 1. The summed E-state index contributed by atoms with van der Waals surface area (Å²) in [6.45, 7) is 10.2. The van der Waals surface area contributed by atoms with Gasteiger partial charge in [-0.3, -0.25) is 4.79 Å². The molecule has 0 radical (unpaired) electrons. The molecule has 1 aliphatic carbocycles. The van der Waals surface area contributed by atoms with Crippen molar-refractivity contribution in [3.8, 4) is 0 Å². The fourth-order valence-electron chi connectivity index (χ4n) is 4.63. The molecule has 0 aromatic rings. The third kappa shape index (κ3) is 1.64. The van der Waals surface area contributed by atoms with Crippen LogP contribution in [-0.2, 0) is 9.53 Å². The smallest absolute Gasteiger partial charge is 0.243 e. The van der Waals surface area contributed by atoms with Crippen molar-refractivity contribution in [3.63, 3.8) is 0 Å². The molecule has 3 aliphatic rings.